The van der Waals surface area contributed by atoms with Crippen LogP contribution < -0.4 is 10.0 Å². The van der Waals surface area contributed by atoms with Gasteiger partial charge >= 0.3 is 0 Å². The van der Waals surface area contributed by atoms with Crippen LogP contribution in [0.3, 0.4) is 0 Å². The fraction of sp³-hybridized carbons (Fsp3) is 0.571. The summed E-state index contributed by atoms with van der Waals surface area (Å²) in [6.07, 6.45) is 0.973. The summed E-state index contributed by atoms with van der Waals surface area (Å²) in [6.45, 7) is 5.39. The molecule has 1 atom stereocenters. The van der Waals surface area contributed by atoms with Gasteiger partial charge in [0.25, 0.3) is 0 Å². The molecule has 1 aromatic carbocycles. The molecule has 1 unspecified atom stereocenters. The van der Waals surface area contributed by atoms with Crippen LogP contribution in [0.5, 0.6) is 0 Å². The molecule has 0 saturated carbocycles. The Labute approximate surface area is 116 Å². The predicted molar refractivity (Wildman–Crippen MR) is 79.3 cm³/mol. The summed E-state index contributed by atoms with van der Waals surface area (Å²) in [6, 6.07) is 7.65. The summed E-state index contributed by atoms with van der Waals surface area (Å²) in [7, 11) is -1.34. The van der Waals surface area contributed by atoms with Gasteiger partial charge in [0.1, 0.15) is 0 Å². The zero-order valence-corrected chi connectivity index (χ0v) is 12.8. The first-order chi connectivity index (χ1) is 8.96. The van der Waals surface area contributed by atoms with E-state index in [9.17, 15) is 8.42 Å². The van der Waals surface area contributed by atoms with Gasteiger partial charge in [-0.25, -0.2) is 13.1 Å². The van der Waals surface area contributed by atoms with Crippen molar-refractivity contribution in [3.63, 3.8) is 0 Å². The minimum atomic E-state index is -3.23. The van der Waals surface area contributed by atoms with Crippen LogP contribution in [-0.4, -0.2) is 22.0 Å². The number of hydrogen-bond donors (Lipinski definition) is 2. The number of nitrogens with one attached hydrogen (secondary N) is 2. The molecule has 0 aromatic heterocycles. The molecule has 2 N–H and O–H groups in total. The van der Waals surface area contributed by atoms with Crippen molar-refractivity contribution in [1.29, 1.82) is 0 Å². The third-order valence-electron chi connectivity index (χ3n) is 3.11. The van der Waals surface area contributed by atoms with Crippen LogP contribution in [0.2, 0.25) is 0 Å². The second-order valence-electron chi connectivity index (χ2n) is 4.97. The molecule has 1 rings (SSSR count). The minimum absolute atomic E-state index is 0.0449. The molecular formula is C14H24N2O2S. The van der Waals surface area contributed by atoms with Gasteiger partial charge in [-0.1, -0.05) is 44.5 Å². The average molecular weight is 284 g/mol. The average Bonchev–Trinajstić information content (AvgIpc) is 2.38. The van der Waals surface area contributed by atoms with Gasteiger partial charge in [0.2, 0.25) is 10.0 Å². The van der Waals surface area contributed by atoms with Crippen LogP contribution in [0.25, 0.3) is 0 Å². The second kappa shape index (κ2) is 7.62. The number of sulfonamides is 1. The molecule has 5 heteroatoms. The van der Waals surface area contributed by atoms with E-state index >= 15 is 0 Å². The van der Waals surface area contributed by atoms with E-state index < -0.39 is 10.0 Å². The lowest BCUT2D eigenvalue weighted by atomic mass is 10.1. The molecule has 0 saturated heterocycles. The van der Waals surface area contributed by atoms with Crippen LogP contribution in [0.1, 0.15) is 31.4 Å². The van der Waals surface area contributed by atoms with E-state index in [1.165, 1.54) is 0 Å². The fourth-order valence-corrected chi connectivity index (χ4v) is 2.91. The second-order valence-corrected chi connectivity index (χ2v) is 6.77. The van der Waals surface area contributed by atoms with E-state index in [0.717, 1.165) is 24.1 Å². The lowest BCUT2D eigenvalue weighted by Crippen LogP contribution is -2.29. The Morgan fingerprint density at radius 2 is 1.74 bits per heavy atom. The van der Waals surface area contributed by atoms with Crippen LogP contribution in [-0.2, 0) is 22.3 Å². The van der Waals surface area contributed by atoms with Crippen LogP contribution in [0.4, 0.5) is 0 Å². The number of hydrogen-bond acceptors (Lipinski definition) is 3. The largest absolute Gasteiger partial charge is 0.316 e. The molecule has 0 radical (unpaired) electrons. The monoisotopic (exact) mass is 284 g/mol. The molecular weight excluding hydrogens is 260 g/mol. The highest BCUT2D eigenvalue weighted by Gasteiger charge is 2.12. The van der Waals surface area contributed by atoms with E-state index in [4.69, 9.17) is 0 Å². The summed E-state index contributed by atoms with van der Waals surface area (Å²) < 4.78 is 26.5. The summed E-state index contributed by atoms with van der Waals surface area (Å²) in [4.78, 5) is 0. The molecule has 0 aliphatic carbocycles. The molecule has 0 spiro atoms. The maximum atomic E-state index is 11.9. The minimum Gasteiger partial charge on any atom is -0.316 e. The highest BCUT2D eigenvalue weighted by molar-refractivity contribution is 7.88. The zero-order valence-electron chi connectivity index (χ0n) is 11.9. The maximum absolute atomic E-state index is 11.9. The van der Waals surface area contributed by atoms with Crippen molar-refractivity contribution < 1.29 is 8.42 Å². The van der Waals surface area contributed by atoms with Gasteiger partial charge in [0.05, 0.1) is 5.75 Å². The SMILES string of the molecule is CCC(C)CNS(=O)(=O)Cc1ccc(CNC)cc1. The van der Waals surface area contributed by atoms with E-state index in [-0.39, 0.29) is 5.75 Å². The molecule has 0 bridgehead atoms. The zero-order chi connectivity index (χ0) is 14.3. The lowest BCUT2D eigenvalue weighted by Gasteiger charge is -2.11. The Balaban J connectivity index is 2.57. The van der Waals surface area contributed by atoms with Crippen molar-refractivity contribution in [1.82, 2.24) is 10.0 Å². The fourth-order valence-electron chi connectivity index (χ4n) is 1.64. The highest BCUT2D eigenvalue weighted by atomic mass is 32.2. The Kier molecular flexibility index (Phi) is 6.48. The molecule has 0 heterocycles. The molecule has 0 fully saturated rings. The number of benzene rings is 1. The first-order valence-corrected chi connectivity index (χ1v) is 8.31. The standard InChI is InChI=1S/C14H24N2O2S/c1-4-12(2)9-16-19(17,18)11-14-7-5-13(6-8-14)10-15-3/h5-8,12,15-16H,4,9-11H2,1-3H3. The van der Waals surface area contributed by atoms with Crippen molar-refractivity contribution in [2.75, 3.05) is 13.6 Å². The molecule has 0 aliphatic rings. The Morgan fingerprint density at radius 1 is 1.16 bits per heavy atom. The quantitative estimate of drug-likeness (QED) is 0.766. The lowest BCUT2D eigenvalue weighted by molar-refractivity contribution is 0.528. The number of rotatable bonds is 8. The summed E-state index contributed by atoms with van der Waals surface area (Å²) in [5, 5.41) is 3.06. The molecule has 0 aliphatic heterocycles. The van der Waals surface area contributed by atoms with Crippen molar-refractivity contribution in [2.45, 2.75) is 32.6 Å². The van der Waals surface area contributed by atoms with Gasteiger partial charge in [0.15, 0.2) is 0 Å². The molecule has 108 valence electrons. The Morgan fingerprint density at radius 3 is 2.26 bits per heavy atom. The van der Waals surface area contributed by atoms with E-state index in [0.29, 0.717) is 12.5 Å². The topological polar surface area (TPSA) is 58.2 Å². The maximum Gasteiger partial charge on any atom is 0.215 e. The van der Waals surface area contributed by atoms with Crippen molar-refractivity contribution in [3.8, 4) is 0 Å². The third kappa shape index (κ3) is 6.18. The van der Waals surface area contributed by atoms with Gasteiger partial charge in [-0.3, -0.25) is 0 Å². The molecule has 1 aromatic rings. The first kappa shape index (κ1) is 16.1. The summed E-state index contributed by atoms with van der Waals surface area (Å²) >= 11 is 0. The van der Waals surface area contributed by atoms with Crippen molar-refractivity contribution in [3.05, 3.63) is 35.4 Å². The Hall–Kier alpha value is -0.910. The predicted octanol–water partition coefficient (Wildman–Crippen LogP) is 1.87. The van der Waals surface area contributed by atoms with Crippen LogP contribution in [0, 0.1) is 5.92 Å². The molecule has 0 amide bonds. The van der Waals surface area contributed by atoms with E-state index in [1.807, 2.05) is 38.2 Å². The van der Waals surface area contributed by atoms with Crippen LogP contribution >= 0.6 is 0 Å². The molecule has 4 nitrogen and oxygen atoms in total. The van der Waals surface area contributed by atoms with Crippen LogP contribution in [0.15, 0.2) is 24.3 Å². The highest BCUT2D eigenvalue weighted by Crippen LogP contribution is 2.08. The smallest absolute Gasteiger partial charge is 0.215 e. The van der Waals surface area contributed by atoms with Crippen molar-refractivity contribution >= 4 is 10.0 Å². The normalized spacial score (nSPS) is 13.4. The summed E-state index contributed by atoms with van der Waals surface area (Å²) in [5.41, 5.74) is 1.97. The first-order valence-electron chi connectivity index (χ1n) is 6.66. The van der Waals surface area contributed by atoms with E-state index in [2.05, 4.69) is 17.0 Å². The molecule has 19 heavy (non-hydrogen) atoms. The third-order valence-corrected chi connectivity index (χ3v) is 4.43. The van der Waals surface area contributed by atoms with Crippen molar-refractivity contribution in [2.24, 2.45) is 5.92 Å². The Bertz CT molecular complexity index is 469. The van der Waals surface area contributed by atoms with Gasteiger partial charge in [0, 0.05) is 13.1 Å². The van der Waals surface area contributed by atoms with Gasteiger partial charge in [-0.15, -0.1) is 0 Å². The summed E-state index contributed by atoms with van der Waals surface area (Å²) in [5.74, 6) is 0.413. The van der Waals surface area contributed by atoms with E-state index in [1.54, 1.807) is 0 Å². The van der Waals surface area contributed by atoms with Gasteiger partial charge < -0.3 is 5.32 Å². The van der Waals surface area contributed by atoms with Gasteiger partial charge in [-0.2, -0.15) is 0 Å². The van der Waals surface area contributed by atoms with Gasteiger partial charge in [-0.05, 0) is 24.1 Å².